The van der Waals surface area contributed by atoms with Gasteiger partial charge in [0.25, 0.3) is 0 Å². The Kier molecular flexibility index (Phi) is 9.24. The van der Waals surface area contributed by atoms with Crippen LogP contribution in [0.15, 0.2) is 114 Å². The summed E-state index contributed by atoms with van der Waals surface area (Å²) in [7, 11) is 0. The van der Waals surface area contributed by atoms with Crippen LogP contribution >= 0.6 is 15.9 Å². The van der Waals surface area contributed by atoms with Crippen molar-refractivity contribution in [1.82, 2.24) is 0 Å². The van der Waals surface area contributed by atoms with Gasteiger partial charge in [0.2, 0.25) is 0 Å². The molecule has 2 nitrogen and oxygen atoms in total. The van der Waals surface area contributed by atoms with E-state index in [0.29, 0.717) is 17.6 Å². The number of ketones is 2. The summed E-state index contributed by atoms with van der Waals surface area (Å²) < 4.78 is 2.25. The molecule has 0 N–H and O–H groups in total. The van der Waals surface area contributed by atoms with Crippen LogP contribution in [0, 0.1) is 12.8 Å². The summed E-state index contributed by atoms with van der Waals surface area (Å²) in [5.41, 5.74) is 3.97. The van der Waals surface area contributed by atoms with Crippen molar-refractivity contribution in [2.24, 2.45) is 5.92 Å². The van der Waals surface area contributed by atoms with E-state index >= 15 is 0 Å². The molecule has 36 heavy (non-hydrogen) atoms. The van der Waals surface area contributed by atoms with Crippen LogP contribution < -0.4 is 4.46 Å². The topological polar surface area (TPSA) is 34.1 Å². The number of Topliss-reactive ketones (excluding diaryl/α,β-unsaturated/α-hetero) is 2. The molecular weight excluding hydrogens is 575 g/mol. The van der Waals surface area contributed by atoms with E-state index < -0.39 is 5.92 Å². The second kappa shape index (κ2) is 12.8. The normalized spacial score (nSPS) is 12.2. The van der Waals surface area contributed by atoms with E-state index in [0.717, 1.165) is 26.5 Å². The number of rotatable bonds is 10. The predicted molar refractivity (Wildman–Crippen MR) is 154 cm³/mol. The van der Waals surface area contributed by atoms with Crippen molar-refractivity contribution in [1.29, 1.82) is 0 Å². The molecule has 0 saturated heterocycles. The van der Waals surface area contributed by atoms with Crippen LogP contribution in [-0.4, -0.2) is 26.5 Å². The third-order valence-corrected chi connectivity index (χ3v) is 8.64. The van der Waals surface area contributed by atoms with Crippen molar-refractivity contribution in [2.75, 3.05) is 0 Å². The summed E-state index contributed by atoms with van der Waals surface area (Å²) in [6.07, 6.45) is 2.42. The van der Waals surface area contributed by atoms with Gasteiger partial charge in [0.1, 0.15) is 0 Å². The maximum absolute atomic E-state index is 14.1. The molecule has 1 unspecified atom stereocenters. The molecule has 0 spiro atoms. The van der Waals surface area contributed by atoms with Gasteiger partial charge in [-0.1, -0.05) is 0 Å². The molecule has 0 aliphatic carbocycles. The van der Waals surface area contributed by atoms with E-state index in [-0.39, 0.29) is 26.5 Å². The van der Waals surface area contributed by atoms with E-state index in [1.165, 1.54) is 4.46 Å². The standard InChI is InChI=1S/C32H27BrO2Se/c1-23-12-16-26(17-13-23)31(34)29(20-21-36-28-10-6-3-7-11-28)32(35)30(25-8-4-2-5-9-25)22-24-14-18-27(33)19-15-24/h2-19,22,29H,20-21H2,1H3/b30-22+. The second-order valence-corrected chi connectivity index (χ2v) is 11.9. The van der Waals surface area contributed by atoms with Gasteiger partial charge in [-0.25, -0.2) is 0 Å². The third kappa shape index (κ3) is 7.01. The summed E-state index contributed by atoms with van der Waals surface area (Å²) in [6.45, 7) is 1.99. The fourth-order valence-electron chi connectivity index (χ4n) is 3.94. The Morgan fingerprint density at radius 3 is 2.03 bits per heavy atom. The predicted octanol–water partition coefficient (Wildman–Crippen LogP) is 7.20. The van der Waals surface area contributed by atoms with Gasteiger partial charge in [-0.3, -0.25) is 0 Å². The van der Waals surface area contributed by atoms with E-state index in [1.54, 1.807) is 0 Å². The minimum atomic E-state index is -0.736. The number of halogens is 1. The Hall–Kier alpha value is -3.04. The SMILES string of the molecule is Cc1ccc(C(=O)C(CC[Se]c2ccccc2)C(=O)/C(=C/c2ccc(Br)cc2)c2ccccc2)cc1. The van der Waals surface area contributed by atoms with E-state index in [2.05, 4.69) is 28.1 Å². The van der Waals surface area contributed by atoms with Crippen LogP contribution in [0.2, 0.25) is 5.32 Å². The van der Waals surface area contributed by atoms with Gasteiger partial charge < -0.3 is 0 Å². The van der Waals surface area contributed by atoms with Gasteiger partial charge in [-0.15, -0.1) is 0 Å². The monoisotopic (exact) mass is 602 g/mol. The summed E-state index contributed by atoms with van der Waals surface area (Å²) in [6, 6.07) is 35.3. The Balaban J connectivity index is 1.69. The first-order valence-corrected chi connectivity index (χ1v) is 14.7. The third-order valence-electron chi connectivity index (χ3n) is 5.92. The summed E-state index contributed by atoms with van der Waals surface area (Å²) in [5.74, 6) is -0.972. The van der Waals surface area contributed by atoms with Crippen LogP contribution in [-0.2, 0) is 4.79 Å². The molecule has 4 rings (SSSR count). The van der Waals surface area contributed by atoms with Crippen molar-refractivity contribution in [3.05, 3.63) is 136 Å². The fourth-order valence-corrected chi connectivity index (χ4v) is 6.17. The van der Waals surface area contributed by atoms with Gasteiger partial charge in [0.05, 0.1) is 0 Å². The van der Waals surface area contributed by atoms with Crippen LogP contribution in [0.25, 0.3) is 11.6 Å². The molecule has 1 atom stereocenters. The van der Waals surface area contributed by atoms with Crippen LogP contribution in [0.3, 0.4) is 0 Å². The van der Waals surface area contributed by atoms with Crippen molar-refractivity contribution in [3.8, 4) is 0 Å². The number of aryl methyl sites for hydroxylation is 1. The molecule has 0 amide bonds. The van der Waals surface area contributed by atoms with Crippen molar-refractivity contribution in [2.45, 2.75) is 18.7 Å². The Bertz CT molecular complexity index is 1330. The van der Waals surface area contributed by atoms with Gasteiger partial charge in [0, 0.05) is 0 Å². The zero-order valence-corrected chi connectivity index (χ0v) is 23.4. The van der Waals surface area contributed by atoms with E-state index in [4.69, 9.17) is 0 Å². The molecule has 0 fully saturated rings. The fraction of sp³-hybridized carbons (Fsp3) is 0.125. The van der Waals surface area contributed by atoms with Gasteiger partial charge in [-0.05, 0) is 0 Å². The van der Waals surface area contributed by atoms with E-state index in [1.807, 2.05) is 110 Å². The van der Waals surface area contributed by atoms with Gasteiger partial charge in [-0.2, -0.15) is 0 Å². The molecule has 180 valence electrons. The Morgan fingerprint density at radius 2 is 1.39 bits per heavy atom. The van der Waals surface area contributed by atoms with Crippen molar-refractivity contribution < 1.29 is 9.59 Å². The molecule has 0 aliphatic heterocycles. The zero-order valence-electron chi connectivity index (χ0n) is 20.1. The Labute approximate surface area is 227 Å². The molecule has 4 aromatic rings. The average Bonchev–Trinajstić information content (AvgIpc) is 2.91. The number of hydrogen-bond acceptors (Lipinski definition) is 2. The van der Waals surface area contributed by atoms with Gasteiger partial charge >= 0.3 is 229 Å². The molecule has 0 heterocycles. The first kappa shape index (κ1) is 26.0. The first-order valence-electron chi connectivity index (χ1n) is 11.9. The molecule has 0 radical (unpaired) electrons. The maximum atomic E-state index is 14.1. The quantitative estimate of drug-likeness (QED) is 0.0633. The van der Waals surface area contributed by atoms with Crippen molar-refractivity contribution >= 4 is 58.6 Å². The van der Waals surface area contributed by atoms with Crippen LogP contribution in [0.4, 0.5) is 0 Å². The second-order valence-electron chi connectivity index (χ2n) is 8.57. The number of carbonyl (C=O) groups is 2. The molecule has 4 heteroatoms. The summed E-state index contributed by atoms with van der Waals surface area (Å²) in [5, 5.41) is 0.811. The molecule has 0 saturated carbocycles. The molecular formula is C32H27BrO2Se. The number of benzene rings is 4. The first-order chi connectivity index (χ1) is 17.5. The number of carbonyl (C=O) groups excluding carboxylic acids is 2. The molecule has 0 aliphatic rings. The molecule has 0 bridgehead atoms. The zero-order chi connectivity index (χ0) is 25.3. The summed E-state index contributed by atoms with van der Waals surface area (Å²) in [4.78, 5) is 27.9. The van der Waals surface area contributed by atoms with Crippen LogP contribution in [0.1, 0.15) is 33.5 Å². The van der Waals surface area contributed by atoms with Crippen molar-refractivity contribution in [3.63, 3.8) is 0 Å². The van der Waals surface area contributed by atoms with Gasteiger partial charge in [0.15, 0.2) is 0 Å². The number of allylic oxidation sites excluding steroid dienone is 1. The number of hydrogen-bond donors (Lipinski definition) is 0. The van der Waals surface area contributed by atoms with E-state index in [9.17, 15) is 9.59 Å². The minimum absolute atomic E-state index is 0.110. The summed E-state index contributed by atoms with van der Waals surface area (Å²) >= 11 is 3.67. The average molecular weight is 602 g/mol. The van der Waals surface area contributed by atoms with Crippen LogP contribution in [0.5, 0.6) is 0 Å². The Morgan fingerprint density at radius 1 is 0.778 bits per heavy atom. The molecule has 0 aromatic heterocycles. The molecule has 4 aromatic carbocycles.